The number of carbonyl (C=O) groups is 7. The maximum Gasteiger partial charge on any atom is 0.329 e. The fourth-order valence-corrected chi connectivity index (χ4v) is 11.1. The van der Waals surface area contributed by atoms with Crippen molar-refractivity contribution in [3.05, 3.63) is 47.6 Å². The zero-order chi connectivity index (χ0) is 54.7. The fourth-order valence-electron chi connectivity index (χ4n) is 11.1. The number of aliphatic carboxylic acids is 1. The number of allylic oxidation sites excluding steroid dienone is 6. The Morgan fingerprint density at radius 3 is 2.19 bits per heavy atom. The van der Waals surface area contributed by atoms with E-state index in [1.807, 2.05) is 58.1 Å². The van der Waals surface area contributed by atoms with Crippen LogP contribution >= 0.6 is 0 Å². The quantitative estimate of drug-likeness (QED) is 0.0679. The highest BCUT2D eigenvalue weighted by atomic mass is 16.6. The Balaban J connectivity index is 1.60. The molecule has 16 nitrogen and oxygen atoms in total. The number of carboxylic acids is 1. The fraction of sp³-hybridized carbons (Fsp3) is 0.741. The Labute approximate surface area is 440 Å². The normalized spacial score (nSPS) is 35.8. The molecule has 1 aliphatic carbocycles. The van der Waals surface area contributed by atoms with E-state index in [9.17, 15) is 43.8 Å². The summed E-state index contributed by atoms with van der Waals surface area (Å²) in [6.07, 6.45) is 15.7. The number of unbranched alkanes of at least 4 members (excludes halogenated alkanes) is 3. The molecule has 2 bridgehead atoms. The molecule has 74 heavy (non-hydrogen) atoms. The number of carbonyl (C=O) groups excluding carboxylic acids is 6. The van der Waals surface area contributed by atoms with E-state index in [1.165, 1.54) is 12.0 Å². The van der Waals surface area contributed by atoms with Gasteiger partial charge in [-0.1, -0.05) is 83.9 Å². The first kappa shape index (κ1) is 62.2. The number of cyclic esters (lactones) is 1. The molecule has 0 spiro atoms. The molecule has 3 aliphatic heterocycles. The van der Waals surface area contributed by atoms with Gasteiger partial charge in [0, 0.05) is 64.2 Å². The molecule has 4 rings (SSSR count). The standard InChI is InChI=1S/C58H89NO15/c1-36-19-13-12-14-20-37(2)48(70-8)34-45-27-24-42(7)58(69,74-45)55(66)56(67)59-30-18-17-21-46(59)57(68)73-49(35-47(60)38(3)32-41(6)53(65)54(71-9)52(64)40(5)31-36)39(4)33-43-25-28-44(29-26-43)72-51(63)23-16-11-10-15-22-50(61)62/h12-14,19-20,32,36,38-40,42-46,48-49,53-54,65,69H,10-11,15-18,21-31,33-35H2,1-9H3,(H,61,62)/b14-12+,19-13+,37-20+,41-32+/t36-,38-,39-,40?,42-,43?,44?,45+,46+,48+,49+,53-,54+,58?/m1/s1. The van der Waals surface area contributed by atoms with Crippen molar-refractivity contribution >= 4 is 41.2 Å². The van der Waals surface area contributed by atoms with E-state index in [0.29, 0.717) is 76.2 Å². The number of methoxy groups -OCH3 is 2. The summed E-state index contributed by atoms with van der Waals surface area (Å²) in [4.78, 5) is 95.7. The minimum atomic E-state index is -2.45. The van der Waals surface area contributed by atoms with Gasteiger partial charge in [0.15, 0.2) is 5.78 Å². The number of esters is 2. The molecule has 0 aromatic carbocycles. The van der Waals surface area contributed by atoms with Crippen molar-refractivity contribution in [1.29, 1.82) is 0 Å². The van der Waals surface area contributed by atoms with Crippen LogP contribution in [0.25, 0.3) is 0 Å². The summed E-state index contributed by atoms with van der Waals surface area (Å²) in [6, 6.07) is -1.16. The average Bonchev–Trinajstić information content (AvgIpc) is 3.36. The highest BCUT2D eigenvalue weighted by Gasteiger charge is 2.53. The number of hydrogen-bond donors (Lipinski definition) is 3. The van der Waals surface area contributed by atoms with Gasteiger partial charge in [-0.25, -0.2) is 4.79 Å². The van der Waals surface area contributed by atoms with Crippen molar-refractivity contribution in [2.45, 2.75) is 219 Å². The lowest BCUT2D eigenvalue weighted by Gasteiger charge is -2.42. The Kier molecular flexibility index (Phi) is 25.6. The van der Waals surface area contributed by atoms with Gasteiger partial charge in [0.05, 0.1) is 12.2 Å². The first-order chi connectivity index (χ1) is 35.1. The first-order valence-corrected chi connectivity index (χ1v) is 27.5. The number of aliphatic hydroxyl groups excluding tert-OH is 1. The molecule has 416 valence electrons. The smallest absolute Gasteiger partial charge is 0.329 e. The summed E-state index contributed by atoms with van der Waals surface area (Å²) in [5.41, 5.74) is 1.25. The van der Waals surface area contributed by atoms with Gasteiger partial charge < -0.3 is 43.9 Å². The summed E-state index contributed by atoms with van der Waals surface area (Å²) in [6.45, 7) is 12.7. The minimum absolute atomic E-state index is 0.00503. The van der Waals surface area contributed by atoms with E-state index >= 15 is 0 Å². The Morgan fingerprint density at radius 1 is 0.838 bits per heavy atom. The third-order valence-electron chi connectivity index (χ3n) is 15.9. The third kappa shape index (κ3) is 18.4. The van der Waals surface area contributed by atoms with E-state index in [0.717, 1.165) is 31.3 Å². The molecule has 0 radical (unpaired) electrons. The molecule has 2 saturated heterocycles. The summed E-state index contributed by atoms with van der Waals surface area (Å²) in [5.74, 6) is -9.15. The Morgan fingerprint density at radius 2 is 1.53 bits per heavy atom. The van der Waals surface area contributed by atoms with Crippen LogP contribution in [-0.4, -0.2) is 131 Å². The number of hydrogen-bond acceptors (Lipinski definition) is 14. The number of piperidine rings is 1. The van der Waals surface area contributed by atoms with Crippen molar-refractivity contribution in [3.63, 3.8) is 0 Å². The van der Waals surface area contributed by atoms with Gasteiger partial charge in [0.1, 0.15) is 36.2 Å². The lowest BCUT2D eigenvalue weighted by atomic mass is 9.79. The zero-order valence-corrected chi connectivity index (χ0v) is 45.8. The van der Waals surface area contributed by atoms with Crippen LogP contribution in [0.4, 0.5) is 0 Å². The van der Waals surface area contributed by atoms with E-state index in [2.05, 4.69) is 0 Å². The molecule has 3 N–H and O–H groups in total. The van der Waals surface area contributed by atoms with E-state index < -0.39 is 83.7 Å². The number of fused-ring (bicyclic) bond motifs is 3. The zero-order valence-electron chi connectivity index (χ0n) is 45.8. The van der Waals surface area contributed by atoms with Crippen LogP contribution in [0.3, 0.4) is 0 Å². The topological polar surface area (TPSA) is 230 Å². The number of rotatable bonds is 13. The molecular formula is C58H89NO15. The summed E-state index contributed by atoms with van der Waals surface area (Å²) < 4.78 is 29.7. The number of carboxylic acid groups (broad SMARTS) is 1. The van der Waals surface area contributed by atoms with Crippen LogP contribution in [0.5, 0.6) is 0 Å². The monoisotopic (exact) mass is 1040 g/mol. The number of aliphatic hydroxyl groups is 2. The second-order valence-electron chi connectivity index (χ2n) is 22.0. The Bertz CT molecular complexity index is 2020. The van der Waals surface area contributed by atoms with E-state index in [-0.39, 0.29) is 73.6 Å². The van der Waals surface area contributed by atoms with Crippen molar-refractivity contribution in [3.8, 4) is 0 Å². The number of ketones is 3. The van der Waals surface area contributed by atoms with Gasteiger partial charge in [0.25, 0.3) is 11.7 Å². The van der Waals surface area contributed by atoms with Crippen LogP contribution in [0, 0.1) is 35.5 Å². The summed E-state index contributed by atoms with van der Waals surface area (Å²) >= 11 is 0. The predicted molar refractivity (Wildman–Crippen MR) is 278 cm³/mol. The van der Waals surface area contributed by atoms with Gasteiger partial charge >= 0.3 is 17.9 Å². The number of nitrogens with zero attached hydrogens (tertiary/aromatic N) is 1. The van der Waals surface area contributed by atoms with Crippen LogP contribution in [0.15, 0.2) is 47.6 Å². The highest BCUT2D eigenvalue weighted by molar-refractivity contribution is 6.39. The second kappa shape index (κ2) is 30.4. The van der Waals surface area contributed by atoms with Crippen LogP contribution in [-0.2, 0) is 57.2 Å². The molecule has 2 unspecified atom stereocenters. The van der Waals surface area contributed by atoms with Gasteiger partial charge in [-0.05, 0) is 126 Å². The summed E-state index contributed by atoms with van der Waals surface area (Å²) in [7, 11) is 2.94. The largest absolute Gasteiger partial charge is 0.481 e. The van der Waals surface area contributed by atoms with E-state index in [4.69, 9.17) is 28.8 Å². The van der Waals surface area contributed by atoms with E-state index in [1.54, 1.807) is 34.0 Å². The van der Waals surface area contributed by atoms with Gasteiger partial charge in [0.2, 0.25) is 5.79 Å². The average molecular weight is 1040 g/mol. The van der Waals surface area contributed by atoms with Crippen LogP contribution in [0.1, 0.15) is 170 Å². The van der Waals surface area contributed by atoms with Gasteiger partial charge in [-0.3, -0.25) is 28.8 Å². The van der Waals surface area contributed by atoms with Gasteiger partial charge in [-0.15, -0.1) is 0 Å². The van der Waals surface area contributed by atoms with Crippen LogP contribution in [0.2, 0.25) is 0 Å². The van der Waals surface area contributed by atoms with Crippen LogP contribution < -0.4 is 0 Å². The molecule has 16 heteroatoms. The Hall–Kier alpha value is -4.35. The molecule has 0 aromatic rings. The van der Waals surface area contributed by atoms with Gasteiger partial charge in [-0.2, -0.15) is 0 Å². The molecule has 4 aliphatic rings. The molecule has 12 atom stereocenters. The number of Topliss-reactive ketones (excluding diaryl/α,β-unsaturated/α-hetero) is 3. The molecular weight excluding hydrogens is 951 g/mol. The maximum absolute atomic E-state index is 14.5. The van der Waals surface area contributed by atoms with Crippen molar-refractivity contribution in [1.82, 2.24) is 4.90 Å². The summed E-state index contributed by atoms with van der Waals surface area (Å²) in [5, 5.41) is 32.4. The number of ether oxygens (including phenoxy) is 5. The first-order valence-electron chi connectivity index (χ1n) is 27.5. The molecule has 3 heterocycles. The lowest BCUT2D eigenvalue weighted by molar-refractivity contribution is -0.265. The molecule has 3 fully saturated rings. The SMILES string of the molecule is CO[C@H]1C[C@@H]2CC[C@@H](C)C(O)(O2)C(=O)C(=O)N2CCCC[C@H]2C(=O)O[C@H]([C@H](C)CC2CCC(OC(=O)CCCCCCC(=O)O)CC2)CC(=O)[C@H](C)/C=C(\C)[C@@H](O)[C@@H](OC)C(=O)C(C)C[C@H](C)/C=C/C=C/C=C/1C. The predicted octanol–water partition coefficient (Wildman–Crippen LogP) is 8.53. The number of amides is 1. The van der Waals surface area contributed by atoms with Crippen molar-refractivity contribution in [2.75, 3.05) is 20.8 Å². The molecule has 1 saturated carbocycles. The second-order valence-corrected chi connectivity index (χ2v) is 22.0. The highest BCUT2D eigenvalue weighted by Crippen LogP contribution is 2.38. The maximum atomic E-state index is 14.5. The minimum Gasteiger partial charge on any atom is -0.481 e. The third-order valence-corrected chi connectivity index (χ3v) is 15.9. The van der Waals surface area contributed by atoms with Crippen molar-refractivity contribution < 1.29 is 72.6 Å². The molecule has 0 aromatic heterocycles. The molecule has 1 amide bonds. The lowest BCUT2D eigenvalue weighted by Crippen LogP contribution is -2.61. The van der Waals surface area contributed by atoms with Crippen molar-refractivity contribution in [2.24, 2.45) is 35.5 Å².